The molecule has 4 N–H and O–H groups in total. The molecule has 1 atom stereocenters. The molecule has 0 bridgehead atoms. The molecule has 0 saturated heterocycles. The van der Waals surface area contributed by atoms with Gasteiger partial charge in [0.25, 0.3) is 0 Å². The van der Waals surface area contributed by atoms with Crippen LogP contribution in [0.4, 0.5) is 10.5 Å². The number of aliphatic hydroxyl groups excluding tert-OH is 1. The Morgan fingerprint density at radius 3 is 2.50 bits per heavy atom. The van der Waals surface area contributed by atoms with Crippen molar-refractivity contribution in [3.05, 3.63) is 29.8 Å². The number of urea groups is 1. The Bertz CT molecular complexity index is 474. The van der Waals surface area contributed by atoms with Crippen LogP contribution in [-0.4, -0.2) is 34.9 Å². The van der Waals surface area contributed by atoms with Gasteiger partial charge in [0.15, 0.2) is 6.10 Å². The first-order valence-corrected chi connectivity index (χ1v) is 6.46. The summed E-state index contributed by atoms with van der Waals surface area (Å²) < 4.78 is 0. The fourth-order valence-electron chi connectivity index (χ4n) is 1.73. The molecule has 6 nitrogen and oxygen atoms in total. The number of carboxylic acids is 1. The van der Waals surface area contributed by atoms with Gasteiger partial charge in [-0.2, -0.15) is 0 Å². The van der Waals surface area contributed by atoms with Crippen molar-refractivity contribution in [1.29, 1.82) is 0 Å². The number of carbonyl (C=O) groups excluding carboxylic acids is 1. The minimum atomic E-state index is -1.46. The Labute approximate surface area is 117 Å². The van der Waals surface area contributed by atoms with Crippen LogP contribution in [0, 0.1) is 0 Å². The van der Waals surface area contributed by atoms with Gasteiger partial charge in [0.1, 0.15) is 0 Å². The highest BCUT2D eigenvalue weighted by Crippen LogP contribution is 2.23. The first-order chi connectivity index (χ1) is 9.41. The number of rotatable bonds is 6. The molecule has 20 heavy (non-hydrogen) atoms. The van der Waals surface area contributed by atoms with E-state index in [0.29, 0.717) is 0 Å². The fourth-order valence-corrected chi connectivity index (χ4v) is 1.73. The Hall–Kier alpha value is -2.08. The third kappa shape index (κ3) is 4.89. The van der Waals surface area contributed by atoms with Gasteiger partial charge in [-0.25, -0.2) is 9.59 Å². The summed E-state index contributed by atoms with van der Waals surface area (Å²) in [5.41, 5.74) is 1.74. The molecule has 0 saturated carbocycles. The molecule has 0 radical (unpaired) electrons. The molecule has 0 aliphatic heterocycles. The minimum absolute atomic E-state index is 0.0332. The second-order valence-electron chi connectivity index (χ2n) is 4.77. The summed E-state index contributed by atoms with van der Waals surface area (Å²) in [6, 6.07) is 7.06. The minimum Gasteiger partial charge on any atom is -0.479 e. The average molecular weight is 280 g/mol. The number of aliphatic carboxylic acids is 1. The van der Waals surface area contributed by atoms with Crippen LogP contribution in [0.3, 0.4) is 0 Å². The van der Waals surface area contributed by atoms with Crippen molar-refractivity contribution in [1.82, 2.24) is 5.32 Å². The monoisotopic (exact) mass is 280 g/mol. The van der Waals surface area contributed by atoms with Crippen molar-refractivity contribution < 1.29 is 19.8 Å². The van der Waals surface area contributed by atoms with Gasteiger partial charge in [-0.05, 0) is 17.5 Å². The van der Waals surface area contributed by atoms with E-state index in [9.17, 15) is 9.59 Å². The topological polar surface area (TPSA) is 98.7 Å². The predicted octanol–water partition coefficient (Wildman–Crippen LogP) is 1.77. The van der Waals surface area contributed by atoms with Crippen molar-refractivity contribution >= 4 is 17.7 Å². The number of carboxylic acid groups (broad SMARTS) is 1. The maximum atomic E-state index is 11.7. The molecule has 0 unspecified atom stereocenters. The number of hydrogen-bond acceptors (Lipinski definition) is 3. The van der Waals surface area contributed by atoms with Gasteiger partial charge in [-0.15, -0.1) is 0 Å². The van der Waals surface area contributed by atoms with E-state index in [2.05, 4.69) is 10.6 Å². The van der Waals surface area contributed by atoms with E-state index in [1.54, 1.807) is 6.07 Å². The molecule has 1 aromatic rings. The molecule has 0 fully saturated rings. The molecule has 0 aliphatic carbocycles. The highest BCUT2D eigenvalue weighted by atomic mass is 16.4. The van der Waals surface area contributed by atoms with E-state index in [1.165, 1.54) is 0 Å². The van der Waals surface area contributed by atoms with Crippen LogP contribution in [0.15, 0.2) is 24.3 Å². The third-order valence-corrected chi connectivity index (χ3v) is 2.82. The first-order valence-electron chi connectivity index (χ1n) is 6.46. The highest BCUT2D eigenvalue weighted by Gasteiger charge is 2.13. The molecule has 110 valence electrons. The van der Waals surface area contributed by atoms with E-state index in [-0.39, 0.29) is 18.9 Å². The van der Waals surface area contributed by atoms with E-state index in [1.807, 2.05) is 32.0 Å². The number of para-hydroxylation sites is 1. The molecule has 6 heteroatoms. The van der Waals surface area contributed by atoms with Crippen LogP contribution < -0.4 is 10.6 Å². The molecule has 0 heterocycles. The zero-order valence-electron chi connectivity index (χ0n) is 11.6. The maximum absolute atomic E-state index is 11.7. The van der Waals surface area contributed by atoms with Gasteiger partial charge in [-0.3, -0.25) is 0 Å². The predicted molar refractivity (Wildman–Crippen MR) is 75.8 cm³/mol. The number of benzene rings is 1. The van der Waals surface area contributed by atoms with Gasteiger partial charge in [0.05, 0.1) is 0 Å². The van der Waals surface area contributed by atoms with E-state index < -0.39 is 18.1 Å². The van der Waals surface area contributed by atoms with Crippen molar-refractivity contribution in [2.45, 2.75) is 32.3 Å². The zero-order chi connectivity index (χ0) is 15.1. The smallest absolute Gasteiger partial charge is 0.332 e. The lowest BCUT2D eigenvalue weighted by Gasteiger charge is -2.14. The lowest BCUT2D eigenvalue weighted by Crippen LogP contribution is -2.33. The number of amides is 2. The number of nitrogens with one attached hydrogen (secondary N) is 2. The Morgan fingerprint density at radius 2 is 1.90 bits per heavy atom. The highest BCUT2D eigenvalue weighted by molar-refractivity contribution is 5.90. The number of carbonyl (C=O) groups is 2. The number of hydrogen-bond donors (Lipinski definition) is 4. The number of anilines is 1. The van der Waals surface area contributed by atoms with Crippen molar-refractivity contribution in [2.75, 3.05) is 11.9 Å². The van der Waals surface area contributed by atoms with Crippen LogP contribution in [0.2, 0.25) is 0 Å². The lowest BCUT2D eigenvalue weighted by atomic mass is 10.0. The molecule has 2 amide bonds. The van der Waals surface area contributed by atoms with Crippen LogP contribution in [-0.2, 0) is 4.79 Å². The van der Waals surface area contributed by atoms with Gasteiger partial charge in [0, 0.05) is 18.7 Å². The van der Waals surface area contributed by atoms with Crippen molar-refractivity contribution in [3.63, 3.8) is 0 Å². The Morgan fingerprint density at radius 1 is 1.25 bits per heavy atom. The summed E-state index contributed by atoms with van der Waals surface area (Å²) in [5.74, 6) is -1.02. The van der Waals surface area contributed by atoms with Crippen molar-refractivity contribution in [3.8, 4) is 0 Å². The van der Waals surface area contributed by atoms with E-state index in [0.717, 1.165) is 11.3 Å². The van der Waals surface area contributed by atoms with Gasteiger partial charge < -0.3 is 20.8 Å². The summed E-state index contributed by atoms with van der Waals surface area (Å²) in [6.45, 7) is 4.15. The molecule has 0 aromatic heterocycles. The van der Waals surface area contributed by atoms with E-state index >= 15 is 0 Å². The summed E-state index contributed by atoms with van der Waals surface area (Å²) in [5, 5.41) is 22.8. The maximum Gasteiger partial charge on any atom is 0.332 e. The average Bonchev–Trinajstić information content (AvgIpc) is 2.38. The second kappa shape index (κ2) is 7.49. The fraction of sp³-hybridized carbons (Fsp3) is 0.429. The van der Waals surface area contributed by atoms with Crippen LogP contribution >= 0.6 is 0 Å². The molecule has 1 rings (SSSR count). The first kappa shape index (κ1) is 16.0. The van der Waals surface area contributed by atoms with Crippen molar-refractivity contribution in [2.24, 2.45) is 0 Å². The Balaban J connectivity index is 2.49. The lowest BCUT2D eigenvalue weighted by molar-refractivity contribution is -0.146. The zero-order valence-corrected chi connectivity index (χ0v) is 11.6. The van der Waals surface area contributed by atoms with Crippen LogP contribution in [0.1, 0.15) is 31.7 Å². The van der Waals surface area contributed by atoms with Crippen LogP contribution in [0.5, 0.6) is 0 Å². The van der Waals surface area contributed by atoms with Gasteiger partial charge >= 0.3 is 12.0 Å². The quantitative estimate of drug-likeness (QED) is 0.638. The summed E-state index contributed by atoms with van der Waals surface area (Å²) >= 11 is 0. The largest absolute Gasteiger partial charge is 0.479 e. The third-order valence-electron chi connectivity index (χ3n) is 2.82. The standard InChI is InChI=1S/C14H20N2O4/c1-9(2)10-5-3-4-6-11(10)16-14(20)15-8-7-12(17)13(18)19/h3-6,9,12,17H,7-8H2,1-2H3,(H,18,19)(H2,15,16,20)/t12-/m0/s1. The van der Waals surface area contributed by atoms with Crippen LogP contribution in [0.25, 0.3) is 0 Å². The van der Waals surface area contributed by atoms with Gasteiger partial charge in [-0.1, -0.05) is 32.0 Å². The molecular weight excluding hydrogens is 260 g/mol. The van der Waals surface area contributed by atoms with Gasteiger partial charge in [0.2, 0.25) is 0 Å². The Kier molecular flexibility index (Phi) is 5.99. The SMILES string of the molecule is CC(C)c1ccccc1NC(=O)NCC[C@H](O)C(=O)O. The molecule has 1 aromatic carbocycles. The second-order valence-corrected chi connectivity index (χ2v) is 4.77. The normalized spacial score (nSPS) is 12.0. The van der Waals surface area contributed by atoms with E-state index in [4.69, 9.17) is 10.2 Å². The summed E-state index contributed by atoms with van der Waals surface area (Å²) in [7, 11) is 0. The molecule has 0 spiro atoms. The molecule has 0 aliphatic rings. The summed E-state index contributed by atoms with van der Waals surface area (Å²) in [4.78, 5) is 22.1. The summed E-state index contributed by atoms with van der Waals surface area (Å²) in [6.07, 6.45) is -1.49. The number of aliphatic hydroxyl groups is 1. The molecular formula is C14H20N2O4.